The lowest BCUT2D eigenvalue weighted by atomic mass is 9.67. The average Bonchev–Trinajstić information content (AvgIpc) is 3.66. The van der Waals surface area contributed by atoms with Crippen molar-refractivity contribution in [1.82, 2.24) is 15.0 Å². The van der Waals surface area contributed by atoms with Crippen LogP contribution in [0.3, 0.4) is 0 Å². The predicted molar refractivity (Wildman–Crippen MR) is 234 cm³/mol. The zero-order chi connectivity index (χ0) is 38.1. The molecule has 8 aromatic rings. The van der Waals surface area contributed by atoms with Gasteiger partial charge in [0, 0.05) is 27.5 Å². The highest BCUT2D eigenvalue weighted by Crippen LogP contribution is 2.60. The minimum absolute atomic E-state index is 0.0915. The van der Waals surface area contributed by atoms with Gasteiger partial charge in [-0.05, 0) is 104 Å². The van der Waals surface area contributed by atoms with Crippen molar-refractivity contribution in [2.45, 2.75) is 56.8 Å². The van der Waals surface area contributed by atoms with E-state index in [1.165, 1.54) is 76.6 Å². The van der Waals surface area contributed by atoms with Crippen LogP contribution in [0.4, 0.5) is 0 Å². The fourth-order valence-electron chi connectivity index (χ4n) is 10.2. The summed E-state index contributed by atoms with van der Waals surface area (Å²) in [6.45, 7) is 4.80. The lowest BCUT2D eigenvalue weighted by molar-refractivity contribution is 0.353. The van der Waals surface area contributed by atoms with Gasteiger partial charge in [-0.3, -0.25) is 0 Å². The fraction of sp³-hybridized carbons (Fsp3) is 0.167. The van der Waals surface area contributed by atoms with E-state index < -0.39 is 0 Å². The van der Waals surface area contributed by atoms with Crippen LogP contribution < -0.4 is 0 Å². The summed E-state index contributed by atoms with van der Waals surface area (Å²) in [4.78, 5) is 15.2. The van der Waals surface area contributed by atoms with Crippen molar-refractivity contribution >= 4 is 0 Å². The lowest BCUT2D eigenvalue weighted by Gasteiger charge is -2.36. The average molecular weight is 734 g/mol. The van der Waals surface area contributed by atoms with E-state index in [4.69, 9.17) is 15.0 Å². The molecule has 1 spiro atoms. The number of hydrogen-bond donors (Lipinski definition) is 0. The molecule has 1 heterocycles. The smallest absolute Gasteiger partial charge is 0.164 e. The van der Waals surface area contributed by atoms with Crippen LogP contribution in [0, 0.1) is 0 Å². The molecule has 274 valence electrons. The topological polar surface area (TPSA) is 38.7 Å². The Morgan fingerprint density at radius 1 is 0.333 bits per heavy atom. The van der Waals surface area contributed by atoms with Crippen LogP contribution in [0.5, 0.6) is 0 Å². The Balaban J connectivity index is 1.000. The highest BCUT2D eigenvalue weighted by atomic mass is 15.0. The molecule has 0 amide bonds. The van der Waals surface area contributed by atoms with E-state index in [1.807, 2.05) is 24.3 Å². The lowest BCUT2D eigenvalue weighted by Crippen LogP contribution is -2.28. The van der Waals surface area contributed by atoms with Crippen molar-refractivity contribution in [1.29, 1.82) is 0 Å². The van der Waals surface area contributed by atoms with E-state index in [9.17, 15) is 0 Å². The zero-order valence-corrected chi connectivity index (χ0v) is 32.5. The van der Waals surface area contributed by atoms with Crippen LogP contribution in [-0.4, -0.2) is 15.0 Å². The van der Waals surface area contributed by atoms with Gasteiger partial charge in [0.2, 0.25) is 0 Å². The third kappa shape index (κ3) is 5.44. The molecular formula is C54H43N3. The second kappa shape index (κ2) is 13.1. The summed E-state index contributed by atoms with van der Waals surface area (Å²) >= 11 is 0. The highest BCUT2D eigenvalue weighted by Gasteiger charge is 2.46. The predicted octanol–water partition coefficient (Wildman–Crippen LogP) is 13.7. The Hall–Kier alpha value is -6.45. The van der Waals surface area contributed by atoms with Gasteiger partial charge in [-0.1, -0.05) is 173 Å². The molecule has 0 radical (unpaired) electrons. The number of benzene rings is 7. The van der Waals surface area contributed by atoms with Crippen molar-refractivity contribution in [2.75, 3.05) is 0 Å². The maximum atomic E-state index is 5.11. The molecular weight excluding hydrogens is 691 g/mol. The van der Waals surface area contributed by atoms with E-state index >= 15 is 0 Å². The summed E-state index contributed by atoms with van der Waals surface area (Å²) in [7, 11) is 0. The molecule has 7 aromatic carbocycles. The highest BCUT2D eigenvalue weighted by molar-refractivity contribution is 5.91. The molecule has 0 atom stereocenters. The SMILES string of the molecule is CC1(C)c2ccc(-c3cccc(-c4nc(-c5ccccc5)nc(-c5ccc(-c6ccccc6)cc5)n4)c3)cc2-c2cc3c(cc21)-c1ccccc1C31CCCCC1. The van der Waals surface area contributed by atoms with Crippen molar-refractivity contribution in [3.8, 4) is 78.7 Å². The first-order chi connectivity index (χ1) is 28.0. The maximum absolute atomic E-state index is 5.11. The number of nitrogens with zero attached hydrogens (tertiary/aromatic N) is 3. The third-order valence-corrected chi connectivity index (χ3v) is 13.1. The van der Waals surface area contributed by atoms with Crippen LogP contribution in [0.1, 0.15) is 68.2 Å². The minimum Gasteiger partial charge on any atom is -0.208 e. The monoisotopic (exact) mass is 733 g/mol. The molecule has 3 aliphatic carbocycles. The van der Waals surface area contributed by atoms with Gasteiger partial charge in [0.15, 0.2) is 17.5 Å². The van der Waals surface area contributed by atoms with Crippen molar-refractivity contribution in [3.05, 3.63) is 186 Å². The van der Waals surface area contributed by atoms with Crippen molar-refractivity contribution in [2.24, 2.45) is 0 Å². The molecule has 0 unspecified atom stereocenters. The van der Waals surface area contributed by atoms with Gasteiger partial charge in [0.1, 0.15) is 0 Å². The van der Waals surface area contributed by atoms with E-state index in [-0.39, 0.29) is 10.8 Å². The van der Waals surface area contributed by atoms with Gasteiger partial charge in [-0.15, -0.1) is 0 Å². The largest absolute Gasteiger partial charge is 0.208 e. The van der Waals surface area contributed by atoms with E-state index in [2.05, 4.69) is 153 Å². The summed E-state index contributed by atoms with van der Waals surface area (Å²) in [5, 5.41) is 0. The molecule has 1 saturated carbocycles. The Morgan fingerprint density at radius 3 is 1.56 bits per heavy atom. The summed E-state index contributed by atoms with van der Waals surface area (Å²) in [5.41, 5.74) is 19.2. The Labute approximate surface area is 335 Å². The molecule has 3 nitrogen and oxygen atoms in total. The summed E-state index contributed by atoms with van der Waals surface area (Å²) < 4.78 is 0. The van der Waals surface area contributed by atoms with Crippen molar-refractivity contribution in [3.63, 3.8) is 0 Å². The van der Waals surface area contributed by atoms with Crippen LogP contribution >= 0.6 is 0 Å². The van der Waals surface area contributed by atoms with Crippen LogP contribution in [0.15, 0.2) is 164 Å². The number of hydrogen-bond acceptors (Lipinski definition) is 3. The van der Waals surface area contributed by atoms with Gasteiger partial charge in [0.25, 0.3) is 0 Å². The quantitative estimate of drug-likeness (QED) is 0.177. The molecule has 3 aliphatic rings. The summed E-state index contributed by atoms with van der Waals surface area (Å²) in [6.07, 6.45) is 6.40. The fourth-order valence-corrected chi connectivity index (χ4v) is 10.2. The van der Waals surface area contributed by atoms with Gasteiger partial charge < -0.3 is 0 Å². The molecule has 11 rings (SSSR count). The molecule has 0 saturated heterocycles. The van der Waals surface area contributed by atoms with Gasteiger partial charge in [-0.2, -0.15) is 0 Å². The first kappa shape index (κ1) is 33.9. The molecule has 1 aromatic heterocycles. The number of aromatic nitrogens is 3. The summed E-state index contributed by atoms with van der Waals surface area (Å²) in [6, 6.07) is 59.4. The zero-order valence-electron chi connectivity index (χ0n) is 32.5. The van der Waals surface area contributed by atoms with Gasteiger partial charge in [-0.25, -0.2) is 15.0 Å². The number of fused-ring (bicyclic) bond motifs is 8. The van der Waals surface area contributed by atoms with E-state index in [0.717, 1.165) is 27.8 Å². The van der Waals surface area contributed by atoms with Crippen molar-refractivity contribution < 1.29 is 0 Å². The molecule has 57 heavy (non-hydrogen) atoms. The van der Waals surface area contributed by atoms with Gasteiger partial charge in [0.05, 0.1) is 0 Å². The number of rotatable bonds is 5. The minimum atomic E-state index is -0.0915. The molecule has 0 aliphatic heterocycles. The molecule has 0 bridgehead atoms. The standard InChI is InChI=1S/C54H43N3/c1-53(2)46-28-27-40(32-43(46)45-34-49-44(33-48(45)53)42-21-10-11-22-47(42)54(49)29-12-5-13-30-54)39-19-14-20-41(31-39)52-56-50(37-17-8-4-9-18-37)55-51(57-52)38-25-23-36(24-26-38)35-15-6-3-7-16-35/h3-4,6-11,14-28,31-34H,5,12-13,29-30H2,1-2H3. The van der Waals surface area contributed by atoms with E-state index in [0.29, 0.717) is 17.5 Å². The molecule has 0 N–H and O–H groups in total. The van der Waals surface area contributed by atoms with Crippen LogP contribution in [-0.2, 0) is 10.8 Å². The van der Waals surface area contributed by atoms with E-state index in [1.54, 1.807) is 11.1 Å². The second-order valence-electron chi connectivity index (χ2n) is 16.7. The first-order valence-corrected chi connectivity index (χ1v) is 20.5. The Bertz CT molecular complexity index is 2830. The molecule has 1 fully saturated rings. The Morgan fingerprint density at radius 2 is 0.825 bits per heavy atom. The third-order valence-electron chi connectivity index (χ3n) is 13.1. The molecule has 3 heteroatoms. The van der Waals surface area contributed by atoms with Gasteiger partial charge >= 0.3 is 0 Å². The first-order valence-electron chi connectivity index (χ1n) is 20.5. The summed E-state index contributed by atoms with van der Waals surface area (Å²) in [5.74, 6) is 1.98. The normalized spacial score (nSPS) is 15.5. The second-order valence-corrected chi connectivity index (χ2v) is 16.7. The Kier molecular flexibility index (Phi) is 7.76. The van der Waals surface area contributed by atoms with Crippen LogP contribution in [0.2, 0.25) is 0 Å². The van der Waals surface area contributed by atoms with Crippen LogP contribution in [0.25, 0.3) is 78.7 Å². The maximum Gasteiger partial charge on any atom is 0.164 e.